The summed E-state index contributed by atoms with van der Waals surface area (Å²) in [5.41, 5.74) is 3.89. The number of carbonyl (C=O) groups excluding carboxylic acids is 1. The van der Waals surface area contributed by atoms with Gasteiger partial charge in [-0.25, -0.2) is 0 Å². The van der Waals surface area contributed by atoms with E-state index < -0.39 is 0 Å². The molecule has 0 atom stereocenters. The van der Waals surface area contributed by atoms with Crippen LogP contribution in [0.2, 0.25) is 0 Å². The van der Waals surface area contributed by atoms with Crippen LogP contribution in [0.15, 0.2) is 12.4 Å². The molecule has 2 aromatic heterocycles. The summed E-state index contributed by atoms with van der Waals surface area (Å²) in [6, 6.07) is 0.257. The number of aromatic amines is 1. The molecule has 1 N–H and O–H groups in total. The van der Waals surface area contributed by atoms with Crippen LogP contribution in [0.25, 0.3) is 0 Å². The van der Waals surface area contributed by atoms with Crippen LogP contribution in [0.1, 0.15) is 47.2 Å². The highest BCUT2D eigenvalue weighted by molar-refractivity contribution is 5.93. The van der Waals surface area contributed by atoms with Crippen molar-refractivity contribution in [1.29, 1.82) is 0 Å². The van der Waals surface area contributed by atoms with Crippen LogP contribution in [-0.4, -0.2) is 44.4 Å². The van der Waals surface area contributed by atoms with E-state index in [1.165, 1.54) is 5.56 Å². The Morgan fingerprint density at radius 1 is 1.43 bits per heavy atom. The van der Waals surface area contributed by atoms with Gasteiger partial charge in [-0.05, 0) is 39.7 Å². The quantitative estimate of drug-likeness (QED) is 0.916. The van der Waals surface area contributed by atoms with Gasteiger partial charge in [0.2, 0.25) is 0 Å². The molecule has 2 rings (SSSR count). The number of aromatic nitrogens is 4. The minimum absolute atomic E-state index is 0.000649. The molecule has 0 saturated heterocycles. The van der Waals surface area contributed by atoms with Gasteiger partial charge in [0.1, 0.15) is 0 Å². The number of nitrogens with zero attached hydrogens (tertiary/aromatic N) is 4. The molecule has 0 fully saturated rings. The third kappa shape index (κ3) is 3.32. The van der Waals surface area contributed by atoms with Crippen LogP contribution < -0.4 is 0 Å². The SMILES string of the molecule is Cc1n[nH]c(C)c1CCN(C)C(=O)c1cnn(C(C)C)c1. The molecule has 0 aromatic carbocycles. The summed E-state index contributed by atoms with van der Waals surface area (Å²) in [7, 11) is 1.82. The summed E-state index contributed by atoms with van der Waals surface area (Å²) in [6.45, 7) is 8.72. The first-order valence-electron chi connectivity index (χ1n) is 7.20. The normalized spacial score (nSPS) is 11.1. The fourth-order valence-electron chi connectivity index (χ4n) is 2.27. The highest BCUT2D eigenvalue weighted by Crippen LogP contribution is 2.12. The minimum atomic E-state index is 0.000649. The third-order valence-corrected chi connectivity index (χ3v) is 3.70. The molecular formula is C15H23N5O. The van der Waals surface area contributed by atoms with E-state index in [4.69, 9.17) is 0 Å². The molecule has 0 aliphatic carbocycles. The van der Waals surface area contributed by atoms with Crippen LogP contribution in [-0.2, 0) is 6.42 Å². The Morgan fingerprint density at radius 3 is 2.67 bits per heavy atom. The van der Waals surface area contributed by atoms with Gasteiger partial charge in [0.15, 0.2) is 0 Å². The van der Waals surface area contributed by atoms with E-state index in [1.54, 1.807) is 22.0 Å². The zero-order valence-electron chi connectivity index (χ0n) is 13.3. The van der Waals surface area contributed by atoms with Gasteiger partial charge in [-0.15, -0.1) is 0 Å². The van der Waals surface area contributed by atoms with E-state index >= 15 is 0 Å². The predicted molar refractivity (Wildman–Crippen MR) is 81.3 cm³/mol. The maximum Gasteiger partial charge on any atom is 0.256 e. The number of hydrogen-bond acceptors (Lipinski definition) is 3. The van der Waals surface area contributed by atoms with Crippen molar-refractivity contribution in [2.24, 2.45) is 0 Å². The second-order valence-corrected chi connectivity index (χ2v) is 5.69. The number of carbonyl (C=O) groups is 1. The summed E-state index contributed by atoms with van der Waals surface area (Å²) in [5, 5.41) is 11.4. The van der Waals surface area contributed by atoms with Crippen molar-refractivity contribution in [2.45, 2.75) is 40.2 Å². The Bertz CT molecular complexity index is 606. The van der Waals surface area contributed by atoms with Crippen molar-refractivity contribution in [3.63, 3.8) is 0 Å². The smallest absolute Gasteiger partial charge is 0.256 e. The lowest BCUT2D eigenvalue weighted by atomic mass is 10.1. The van der Waals surface area contributed by atoms with E-state index in [-0.39, 0.29) is 11.9 Å². The van der Waals surface area contributed by atoms with Gasteiger partial charge in [-0.3, -0.25) is 14.6 Å². The molecule has 0 aliphatic rings. The monoisotopic (exact) mass is 289 g/mol. The van der Waals surface area contributed by atoms with E-state index in [2.05, 4.69) is 15.3 Å². The van der Waals surface area contributed by atoms with Crippen molar-refractivity contribution < 1.29 is 4.79 Å². The van der Waals surface area contributed by atoms with Gasteiger partial charge >= 0.3 is 0 Å². The van der Waals surface area contributed by atoms with Crippen molar-refractivity contribution in [3.05, 3.63) is 34.9 Å². The maximum absolute atomic E-state index is 12.4. The number of rotatable bonds is 5. The van der Waals surface area contributed by atoms with Crippen LogP contribution in [0, 0.1) is 13.8 Å². The molecular weight excluding hydrogens is 266 g/mol. The zero-order chi connectivity index (χ0) is 15.6. The maximum atomic E-state index is 12.4. The number of nitrogens with one attached hydrogen (secondary N) is 1. The fourth-order valence-corrected chi connectivity index (χ4v) is 2.27. The number of H-pyrrole nitrogens is 1. The molecule has 0 bridgehead atoms. The molecule has 0 saturated carbocycles. The first-order valence-corrected chi connectivity index (χ1v) is 7.20. The highest BCUT2D eigenvalue weighted by Gasteiger charge is 2.15. The number of aryl methyl sites for hydroxylation is 2. The van der Waals surface area contributed by atoms with Crippen molar-refractivity contribution >= 4 is 5.91 Å². The molecule has 0 unspecified atom stereocenters. The molecule has 2 heterocycles. The predicted octanol–water partition coefficient (Wildman–Crippen LogP) is 2.12. The van der Waals surface area contributed by atoms with Gasteiger partial charge in [-0.1, -0.05) is 0 Å². The van der Waals surface area contributed by atoms with Crippen LogP contribution in [0.3, 0.4) is 0 Å². The largest absolute Gasteiger partial charge is 0.341 e. The van der Waals surface area contributed by atoms with E-state index in [0.717, 1.165) is 17.8 Å². The van der Waals surface area contributed by atoms with Crippen LogP contribution in [0.5, 0.6) is 0 Å². The Balaban J connectivity index is 1.99. The lowest BCUT2D eigenvalue weighted by Gasteiger charge is -2.16. The lowest BCUT2D eigenvalue weighted by Crippen LogP contribution is -2.28. The summed E-state index contributed by atoms with van der Waals surface area (Å²) < 4.78 is 1.80. The summed E-state index contributed by atoms with van der Waals surface area (Å²) >= 11 is 0. The molecule has 21 heavy (non-hydrogen) atoms. The fraction of sp³-hybridized carbons (Fsp3) is 0.533. The molecule has 0 aliphatic heterocycles. The first kappa shape index (κ1) is 15.3. The summed E-state index contributed by atoms with van der Waals surface area (Å²) in [6.07, 6.45) is 4.24. The van der Waals surface area contributed by atoms with Gasteiger partial charge in [0, 0.05) is 31.5 Å². The van der Waals surface area contributed by atoms with Crippen LogP contribution in [0.4, 0.5) is 0 Å². The molecule has 0 radical (unpaired) electrons. The highest BCUT2D eigenvalue weighted by atomic mass is 16.2. The Kier molecular flexibility index (Phi) is 4.45. The first-order chi connectivity index (χ1) is 9.90. The van der Waals surface area contributed by atoms with E-state index in [0.29, 0.717) is 12.1 Å². The standard InChI is InChI=1S/C15H23N5O/c1-10(2)20-9-13(8-16-20)15(21)19(5)7-6-14-11(3)17-18-12(14)4/h8-10H,6-7H2,1-5H3,(H,17,18). The minimum Gasteiger partial charge on any atom is -0.341 e. The molecule has 114 valence electrons. The number of hydrogen-bond donors (Lipinski definition) is 1. The molecule has 2 aromatic rings. The van der Waals surface area contributed by atoms with Crippen molar-refractivity contribution in [2.75, 3.05) is 13.6 Å². The Morgan fingerprint density at radius 2 is 2.14 bits per heavy atom. The molecule has 1 amide bonds. The topological polar surface area (TPSA) is 66.8 Å². The van der Waals surface area contributed by atoms with Gasteiger partial charge in [0.25, 0.3) is 5.91 Å². The Hall–Kier alpha value is -2.11. The third-order valence-electron chi connectivity index (χ3n) is 3.70. The number of amides is 1. The average molecular weight is 289 g/mol. The molecule has 0 spiro atoms. The zero-order valence-corrected chi connectivity index (χ0v) is 13.3. The second kappa shape index (κ2) is 6.11. The van der Waals surface area contributed by atoms with E-state index in [1.807, 2.05) is 34.7 Å². The van der Waals surface area contributed by atoms with Gasteiger partial charge in [0.05, 0.1) is 17.5 Å². The summed E-state index contributed by atoms with van der Waals surface area (Å²) in [4.78, 5) is 14.1. The average Bonchev–Trinajstić information content (AvgIpc) is 3.04. The summed E-state index contributed by atoms with van der Waals surface area (Å²) in [5.74, 6) is 0.000649. The molecule has 6 nitrogen and oxygen atoms in total. The number of likely N-dealkylation sites (N-methyl/N-ethyl adjacent to an activating group) is 1. The second-order valence-electron chi connectivity index (χ2n) is 5.69. The lowest BCUT2D eigenvalue weighted by molar-refractivity contribution is 0.0796. The Labute approximate surface area is 125 Å². The van der Waals surface area contributed by atoms with Crippen LogP contribution >= 0.6 is 0 Å². The molecule has 6 heteroatoms. The van der Waals surface area contributed by atoms with Gasteiger partial charge < -0.3 is 4.90 Å². The van der Waals surface area contributed by atoms with Crippen molar-refractivity contribution in [1.82, 2.24) is 24.9 Å². The van der Waals surface area contributed by atoms with Crippen molar-refractivity contribution in [3.8, 4) is 0 Å². The van der Waals surface area contributed by atoms with E-state index in [9.17, 15) is 4.79 Å². The van der Waals surface area contributed by atoms with Gasteiger partial charge in [-0.2, -0.15) is 10.2 Å².